The van der Waals surface area contributed by atoms with Gasteiger partial charge in [0.15, 0.2) is 0 Å². The van der Waals surface area contributed by atoms with Crippen molar-refractivity contribution in [2.24, 2.45) is 0 Å². The molecule has 0 spiro atoms. The molecule has 2 aromatic carbocycles. The summed E-state index contributed by atoms with van der Waals surface area (Å²) in [5, 5.41) is 3.80. The second-order valence-corrected chi connectivity index (χ2v) is 7.93. The van der Waals surface area contributed by atoms with Crippen LogP contribution in [0.4, 0.5) is 0 Å². The maximum atomic E-state index is 13.1. The van der Waals surface area contributed by atoms with E-state index in [1.165, 1.54) is 0 Å². The number of benzene rings is 2. The maximum absolute atomic E-state index is 13.1. The number of likely N-dealkylation sites (N-methyl/N-ethyl adjacent to an activating group) is 1. The zero-order valence-electron chi connectivity index (χ0n) is 17.7. The number of hydrogen-bond donors (Lipinski definition) is 1. The topological polar surface area (TPSA) is 52.7 Å². The summed E-state index contributed by atoms with van der Waals surface area (Å²) in [4.78, 5) is 29.9. The molecule has 1 heterocycles. The van der Waals surface area contributed by atoms with Crippen molar-refractivity contribution in [3.8, 4) is 0 Å². The first-order chi connectivity index (χ1) is 14.6. The fraction of sp³-hybridized carbons (Fsp3) is 0.417. The number of likely N-dealkylation sites (tertiary alicyclic amines) is 1. The normalized spacial score (nSPS) is 17.2. The SMILES string of the molecule is CCN(CC)C(CNC(=O)C1CCCN1C(=O)c1ccccc1)c1ccccc1Cl. The van der Waals surface area contributed by atoms with Gasteiger partial charge in [-0.15, -0.1) is 0 Å². The van der Waals surface area contributed by atoms with Crippen molar-refractivity contribution in [3.63, 3.8) is 0 Å². The third-order valence-corrected chi connectivity index (χ3v) is 6.17. The Morgan fingerprint density at radius 2 is 1.77 bits per heavy atom. The first-order valence-corrected chi connectivity index (χ1v) is 11.1. The summed E-state index contributed by atoms with van der Waals surface area (Å²) >= 11 is 6.46. The molecule has 2 amide bonds. The van der Waals surface area contributed by atoms with Gasteiger partial charge >= 0.3 is 0 Å². The lowest BCUT2D eigenvalue weighted by Gasteiger charge is -2.32. The Balaban J connectivity index is 1.71. The number of halogens is 1. The van der Waals surface area contributed by atoms with Gasteiger partial charge in [-0.3, -0.25) is 14.5 Å². The van der Waals surface area contributed by atoms with Gasteiger partial charge in [-0.2, -0.15) is 0 Å². The fourth-order valence-corrected chi connectivity index (χ4v) is 4.45. The molecule has 5 nitrogen and oxygen atoms in total. The average Bonchev–Trinajstić information content (AvgIpc) is 3.27. The van der Waals surface area contributed by atoms with E-state index in [1.807, 2.05) is 42.5 Å². The highest BCUT2D eigenvalue weighted by atomic mass is 35.5. The molecule has 0 saturated carbocycles. The van der Waals surface area contributed by atoms with Crippen molar-refractivity contribution in [2.45, 2.75) is 38.8 Å². The summed E-state index contributed by atoms with van der Waals surface area (Å²) in [6, 6.07) is 16.5. The summed E-state index contributed by atoms with van der Waals surface area (Å²) in [6.45, 7) is 6.97. The number of rotatable bonds is 8. The van der Waals surface area contributed by atoms with E-state index in [0.29, 0.717) is 30.1 Å². The first-order valence-electron chi connectivity index (χ1n) is 10.7. The molecule has 1 N–H and O–H groups in total. The largest absolute Gasteiger partial charge is 0.352 e. The molecule has 0 aromatic heterocycles. The monoisotopic (exact) mass is 427 g/mol. The van der Waals surface area contributed by atoms with Gasteiger partial charge in [0.1, 0.15) is 6.04 Å². The predicted molar refractivity (Wildman–Crippen MR) is 121 cm³/mol. The van der Waals surface area contributed by atoms with Gasteiger partial charge < -0.3 is 10.2 Å². The van der Waals surface area contributed by atoms with Crippen LogP contribution < -0.4 is 5.32 Å². The molecule has 160 valence electrons. The molecule has 1 aliphatic heterocycles. The second-order valence-electron chi connectivity index (χ2n) is 7.53. The summed E-state index contributed by atoms with van der Waals surface area (Å²) in [6.07, 6.45) is 1.52. The van der Waals surface area contributed by atoms with Crippen LogP contribution in [-0.2, 0) is 4.79 Å². The third-order valence-electron chi connectivity index (χ3n) is 5.82. The molecule has 2 aromatic rings. The van der Waals surface area contributed by atoms with Gasteiger partial charge in [0.25, 0.3) is 5.91 Å². The second kappa shape index (κ2) is 10.6. The summed E-state index contributed by atoms with van der Waals surface area (Å²) in [7, 11) is 0. The number of carbonyl (C=O) groups is 2. The summed E-state index contributed by atoms with van der Waals surface area (Å²) in [5.74, 6) is -0.180. The lowest BCUT2D eigenvalue weighted by Crippen LogP contribution is -2.48. The molecule has 0 aliphatic carbocycles. The molecule has 0 bridgehead atoms. The van der Waals surface area contributed by atoms with Crippen LogP contribution >= 0.6 is 11.6 Å². The van der Waals surface area contributed by atoms with E-state index >= 15 is 0 Å². The zero-order chi connectivity index (χ0) is 21.5. The van der Waals surface area contributed by atoms with Gasteiger partial charge in [0.2, 0.25) is 5.91 Å². The van der Waals surface area contributed by atoms with E-state index in [2.05, 4.69) is 24.1 Å². The molecule has 30 heavy (non-hydrogen) atoms. The Morgan fingerprint density at radius 1 is 1.10 bits per heavy atom. The third kappa shape index (κ3) is 5.02. The van der Waals surface area contributed by atoms with Crippen LogP contribution in [0.25, 0.3) is 0 Å². The van der Waals surface area contributed by atoms with Crippen molar-refractivity contribution < 1.29 is 9.59 Å². The fourth-order valence-electron chi connectivity index (χ4n) is 4.19. The predicted octanol–water partition coefficient (Wildman–Crippen LogP) is 4.14. The summed E-state index contributed by atoms with van der Waals surface area (Å²) < 4.78 is 0. The van der Waals surface area contributed by atoms with Gasteiger partial charge in [0.05, 0.1) is 6.04 Å². The Kier molecular flexibility index (Phi) is 7.88. The molecule has 1 fully saturated rings. The first kappa shape index (κ1) is 22.3. The van der Waals surface area contributed by atoms with E-state index in [1.54, 1.807) is 17.0 Å². The lowest BCUT2D eigenvalue weighted by atomic mass is 10.0. The minimum absolute atomic E-state index is 0.0164. The van der Waals surface area contributed by atoms with Crippen LogP contribution in [0, 0.1) is 0 Å². The van der Waals surface area contributed by atoms with Gasteiger partial charge in [-0.05, 0) is 49.7 Å². The molecule has 1 saturated heterocycles. The molecule has 1 aliphatic rings. The minimum Gasteiger partial charge on any atom is -0.352 e. The van der Waals surface area contributed by atoms with Crippen LogP contribution in [0.1, 0.15) is 48.7 Å². The van der Waals surface area contributed by atoms with Crippen molar-refractivity contribution in [2.75, 3.05) is 26.2 Å². The molecular formula is C24H30ClN3O2. The van der Waals surface area contributed by atoms with Crippen molar-refractivity contribution in [1.82, 2.24) is 15.1 Å². The molecule has 0 radical (unpaired) electrons. The van der Waals surface area contributed by atoms with Crippen LogP contribution in [0.2, 0.25) is 5.02 Å². The van der Waals surface area contributed by atoms with Crippen LogP contribution in [0.5, 0.6) is 0 Å². The van der Waals surface area contributed by atoms with Crippen LogP contribution in [0.15, 0.2) is 54.6 Å². The number of carbonyl (C=O) groups excluding carboxylic acids is 2. The highest BCUT2D eigenvalue weighted by Gasteiger charge is 2.35. The molecule has 3 rings (SSSR count). The van der Waals surface area contributed by atoms with Gasteiger partial charge in [-0.25, -0.2) is 0 Å². The summed E-state index contributed by atoms with van der Waals surface area (Å²) in [5.41, 5.74) is 1.63. The Hall–Kier alpha value is -2.37. The Bertz CT molecular complexity index is 855. The number of hydrogen-bond acceptors (Lipinski definition) is 3. The molecule has 2 unspecified atom stereocenters. The van der Waals surface area contributed by atoms with E-state index in [4.69, 9.17) is 11.6 Å². The van der Waals surface area contributed by atoms with E-state index in [9.17, 15) is 9.59 Å². The maximum Gasteiger partial charge on any atom is 0.254 e. The number of amides is 2. The number of nitrogens with one attached hydrogen (secondary N) is 1. The van der Waals surface area contributed by atoms with E-state index in [0.717, 1.165) is 25.1 Å². The minimum atomic E-state index is -0.429. The number of nitrogens with zero attached hydrogens (tertiary/aromatic N) is 2. The molecular weight excluding hydrogens is 398 g/mol. The highest BCUT2D eigenvalue weighted by molar-refractivity contribution is 6.31. The van der Waals surface area contributed by atoms with E-state index in [-0.39, 0.29) is 17.9 Å². The van der Waals surface area contributed by atoms with Crippen molar-refractivity contribution >= 4 is 23.4 Å². The van der Waals surface area contributed by atoms with Crippen molar-refractivity contribution in [1.29, 1.82) is 0 Å². The zero-order valence-corrected chi connectivity index (χ0v) is 18.4. The van der Waals surface area contributed by atoms with E-state index < -0.39 is 6.04 Å². The van der Waals surface area contributed by atoms with Crippen molar-refractivity contribution in [3.05, 3.63) is 70.7 Å². The standard InChI is InChI=1S/C24H30ClN3O2/c1-3-27(4-2)22(19-13-8-9-14-20(19)25)17-26-23(29)21-15-10-16-28(21)24(30)18-11-6-5-7-12-18/h5-9,11-14,21-22H,3-4,10,15-17H2,1-2H3,(H,26,29). The average molecular weight is 428 g/mol. The Labute approximate surface area is 184 Å². The van der Waals surface area contributed by atoms with Crippen LogP contribution in [0.3, 0.4) is 0 Å². The van der Waals surface area contributed by atoms with Gasteiger partial charge in [0, 0.05) is 23.7 Å². The van der Waals surface area contributed by atoms with Gasteiger partial charge in [-0.1, -0.05) is 61.8 Å². The smallest absolute Gasteiger partial charge is 0.254 e. The van der Waals surface area contributed by atoms with Crippen LogP contribution in [-0.4, -0.2) is 53.8 Å². The molecule has 6 heteroatoms. The molecule has 2 atom stereocenters. The highest BCUT2D eigenvalue weighted by Crippen LogP contribution is 2.27. The lowest BCUT2D eigenvalue weighted by molar-refractivity contribution is -0.125. The Morgan fingerprint density at radius 3 is 2.43 bits per heavy atom. The quantitative estimate of drug-likeness (QED) is 0.688.